The van der Waals surface area contributed by atoms with Crippen LogP contribution in [0.15, 0.2) is 36.5 Å². The quantitative estimate of drug-likeness (QED) is 0.667. The number of aliphatic hydroxyl groups excluding tert-OH is 1. The largest absolute Gasteiger partial charge is 0.506 e. The fourth-order valence-electron chi connectivity index (χ4n) is 3.24. The lowest BCUT2D eigenvalue weighted by Crippen LogP contribution is -2.28. The number of aromatic nitrogens is 3. The normalized spacial score (nSPS) is 20.7. The molecular weight excluding hydrogens is 340 g/mol. The van der Waals surface area contributed by atoms with Crippen molar-refractivity contribution < 1.29 is 10.2 Å². The van der Waals surface area contributed by atoms with E-state index >= 15 is 0 Å². The lowest BCUT2D eigenvalue weighted by Gasteiger charge is -2.26. The number of fused-ring (bicyclic) bond motifs is 1. The van der Waals surface area contributed by atoms with Crippen LogP contribution in [0.5, 0.6) is 5.75 Å². The number of hydrogen-bond acceptors (Lipinski definition) is 5. The minimum absolute atomic E-state index is 0.0500. The molecule has 7 heteroatoms. The molecular formula is C18H19ClN4O2. The summed E-state index contributed by atoms with van der Waals surface area (Å²) in [7, 11) is 0. The van der Waals surface area contributed by atoms with E-state index in [1.807, 2.05) is 12.1 Å². The molecule has 25 heavy (non-hydrogen) atoms. The van der Waals surface area contributed by atoms with Gasteiger partial charge in [-0.2, -0.15) is 0 Å². The molecule has 0 amide bonds. The number of benzene rings is 1. The number of imidazole rings is 1. The SMILES string of the molecule is Oc1ccc(-c2cnc3ccc(N[C@H]4CC[C@H](O)CC4)nn23)cc1Cl. The monoisotopic (exact) mass is 358 g/mol. The fraction of sp³-hybridized carbons (Fsp3) is 0.333. The molecule has 1 aliphatic rings. The molecule has 2 heterocycles. The van der Waals surface area contributed by atoms with Gasteiger partial charge in [0.05, 0.1) is 23.0 Å². The average molecular weight is 359 g/mol. The number of phenols is 1. The summed E-state index contributed by atoms with van der Waals surface area (Å²) in [6.45, 7) is 0. The Kier molecular flexibility index (Phi) is 4.23. The van der Waals surface area contributed by atoms with E-state index in [9.17, 15) is 10.2 Å². The Morgan fingerprint density at radius 1 is 1.12 bits per heavy atom. The van der Waals surface area contributed by atoms with E-state index in [0.717, 1.165) is 48.4 Å². The third-order valence-corrected chi connectivity index (χ3v) is 4.96. The number of anilines is 1. The number of hydrogen-bond donors (Lipinski definition) is 3. The van der Waals surface area contributed by atoms with Gasteiger partial charge in [0.1, 0.15) is 11.6 Å². The second-order valence-electron chi connectivity index (χ2n) is 6.45. The van der Waals surface area contributed by atoms with Gasteiger partial charge in [-0.25, -0.2) is 9.50 Å². The van der Waals surface area contributed by atoms with Crippen LogP contribution in [0.3, 0.4) is 0 Å². The van der Waals surface area contributed by atoms with Crippen molar-refractivity contribution in [3.63, 3.8) is 0 Å². The third kappa shape index (κ3) is 3.27. The molecule has 6 nitrogen and oxygen atoms in total. The highest BCUT2D eigenvalue weighted by Crippen LogP contribution is 2.30. The Morgan fingerprint density at radius 2 is 1.92 bits per heavy atom. The summed E-state index contributed by atoms with van der Waals surface area (Å²) in [6, 6.07) is 9.20. The summed E-state index contributed by atoms with van der Waals surface area (Å²) in [5.74, 6) is 0.826. The Bertz CT molecular complexity index is 903. The van der Waals surface area contributed by atoms with Gasteiger partial charge in [-0.05, 0) is 56.0 Å². The van der Waals surface area contributed by atoms with Crippen molar-refractivity contribution in [2.45, 2.75) is 37.8 Å². The van der Waals surface area contributed by atoms with E-state index in [2.05, 4.69) is 15.4 Å². The predicted octanol–water partition coefficient (Wildman–Crippen LogP) is 3.47. The average Bonchev–Trinajstić information content (AvgIpc) is 3.03. The molecule has 4 rings (SSSR count). The number of aliphatic hydroxyl groups is 1. The maximum absolute atomic E-state index is 9.63. The van der Waals surface area contributed by atoms with Gasteiger partial charge in [-0.15, -0.1) is 5.10 Å². The molecule has 0 aliphatic heterocycles. The van der Waals surface area contributed by atoms with Crippen LogP contribution in [-0.2, 0) is 0 Å². The van der Waals surface area contributed by atoms with Crippen LogP contribution >= 0.6 is 11.6 Å². The van der Waals surface area contributed by atoms with Crippen molar-refractivity contribution in [2.24, 2.45) is 0 Å². The van der Waals surface area contributed by atoms with E-state index in [1.54, 1.807) is 28.9 Å². The zero-order valence-corrected chi connectivity index (χ0v) is 14.3. The topological polar surface area (TPSA) is 82.7 Å². The molecule has 2 aromatic heterocycles. The molecule has 1 aromatic carbocycles. The summed E-state index contributed by atoms with van der Waals surface area (Å²) < 4.78 is 1.77. The van der Waals surface area contributed by atoms with Crippen LogP contribution in [0.2, 0.25) is 5.02 Å². The summed E-state index contributed by atoms with van der Waals surface area (Å²) >= 11 is 6.02. The molecule has 0 spiro atoms. The van der Waals surface area contributed by atoms with Gasteiger partial charge in [0.25, 0.3) is 0 Å². The number of aromatic hydroxyl groups is 1. The molecule has 0 bridgehead atoms. The highest BCUT2D eigenvalue weighted by Gasteiger charge is 2.19. The lowest BCUT2D eigenvalue weighted by molar-refractivity contribution is 0.126. The second-order valence-corrected chi connectivity index (χ2v) is 6.86. The van der Waals surface area contributed by atoms with Gasteiger partial charge in [-0.3, -0.25) is 0 Å². The number of rotatable bonds is 3. The van der Waals surface area contributed by atoms with Crippen molar-refractivity contribution in [3.8, 4) is 17.0 Å². The molecule has 130 valence electrons. The van der Waals surface area contributed by atoms with Crippen molar-refractivity contribution in [1.82, 2.24) is 14.6 Å². The Hall–Kier alpha value is -2.31. The van der Waals surface area contributed by atoms with E-state index in [-0.39, 0.29) is 11.9 Å². The highest BCUT2D eigenvalue weighted by atomic mass is 35.5. The molecule has 1 aliphatic carbocycles. The summed E-state index contributed by atoms with van der Waals surface area (Å²) in [5.41, 5.74) is 2.38. The van der Waals surface area contributed by atoms with Gasteiger partial charge in [0, 0.05) is 11.6 Å². The molecule has 3 aromatic rings. The second kappa shape index (κ2) is 6.54. The molecule has 1 saturated carbocycles. The predicted molar refractivity (Wildman–Crippen MR) is 97.0 cm³/mol. The van der Waals surface area contributed by atoms with Crippen molar-refractivity contribution in [2.75, 3.05) is 5.32 Å². The van der Waals surface area contributed by atoms with Crippen molar-refractivity contribution >= 4 is 23.1 Å². The number of phenolic OH excluding ortho intramolecular Hbond substituents is 1. The molecule has 0 radical (unpaired) electrons. The minimum Gasteiger partial charge on any atom is -0.506 e. The van der Waals surface area contributed by atoms with Crippen LogP contribution in [0, 0.1) is 0 Å². The standard InChI is InChI=1S/C18H19ClN4O2/c19-14-9-11(1-6-16(14)25)15-10-20-18-8-7-17(22-23(15)18)21-12-2-4-13(24)5-3-12/h1,6-10,12-13,24-25H,2-5H2,(H,21,22)/t12-,13-. The van der Waals surface area contributed by atoms with Gasteiger partial charge >= 0.3 is 0 Å². The molecule has 1 fully saturated rings. The summed E-state index contributed by atoms with van der Waals surface area (Å²) in [4.78, 5) is 4.38. The Labute approximate surface area is 150 Å². The number of nitrogens with zero attached hydrogens (tertiary/aromatic N) is 3. The first-order valence-corrected chi connectivity index (χ1v) is 8.76. The van der Waals surface area contributed by atoms with E-state index in [1.165, 1.54) is 0 Å². The maximum atomic E-state index is 9.63. The van der Waals surface area contributed by atoms with E-state index in [0.29, 0.717) is 11.1 Å². The highest BCUT2D eigenvalue weighted by molar-refractivity contribution is 6.32. The zero-order valence-electron chi connectivity index (χ0n) is 13.6. The zero-order chi connectivity index (χ0) is 17.4. The van der Waals surface area contributed by atoms with Gasteiger partial charge in [0.2, 0.25) is 0 Å². The summed E-state index contributed by atoms with van der Waals surface area (Å²) in [5, 5.41) is 27.6. The van der Waals surface area contributed by atoms with E-state index < -0.39 is 0 Å². The first kappa shape index (κ1) is 16.2. The Balaban J connectivity index is 1.64. The van der Waals surface area contributed by atoms with Crippen LogP contribution in [0.4, 0.5) is 5.82 Å². The molecule has 0 atom stereocenters. The molecule has 0 saturated heterocycles. The van der Waals surface area contributed by atoms with Gasteiger partial charge in [-0.1, -0.05) is 11.6 Å². The summed E-state index contributed by atoms with van der Waals surface area (Å²) in [6.07, 6.45) is 5.08. The van der Waals surface area contributed by atoms with Gasteiger partial charge in [0.15, 0.2) is 5.65 Å². The maximum Gasteiger partial charge on any atom is 0.154 e. The fourth-order valence-corrected chi connectivity index (χ4v) is 3.42. The van der Waals surface area contributed by atoms with Crippen LogP contribution in [0.25, 0.3) is 16.9 Å². The first-order valence-electron chi connectivity index (χ1n) is 8.38. The smallest absolute Gasteiger partial charge is 0.154 e. The van der Waals surface area contributed by atoms with E-state index in [4.69, 9.17) is 11.6 Å². The Morgan fingerprint density at radius 3 is 2.68 bits per heavy atom. The third-order valence-electron chi connectivity index (χ3n) is 4.65. The molecule has 3 N–H and O–H groups in total. The van der Waals surface area contributed by atoms with Crippen molar-refractivity contribution in [3.05, 3.63) is 41.6 Å². The van der Waals surface area contributed by atoms with Gasteiger partial charge < -0.3 is 15.5 Å². The first-order chi connectivity index (χ1) is 12.1. The van der Waals surface area contributed by atoms with Crippen LogP contribution in [0.1, 0.15) is 25.7 Å². The molecule has 0 unspecified atom stereocenters. The lowest BCUT2D eigenvalue weighted by atomic mass is 9.93. The van der Waals surface area contributed by atoms with Crippen LogP contribution in [-0.4, -0.2) is 37.0 Å². The minimum atomic E-state index is -0.173. The van der Waals surface area contributed by atoms with Crippen molar-refractivity contribution in [1.29, 1.82) is 0 Å². The number of nitrogens with one attached hydrogen (secondary N) is 1. The number of halogens is 1. The van der Waals surface area contributed by atoms with Crippen LogP contribution < -0.4 is 5.32 Å².